The molecule has 0 aromatic carbocycles. The lowest BCUT2D eigenvalue weighted by molar-refractivity contribution is -0.122. The highest BCUT2D eigenvalue weighted by molar-refractivity contribution is 5.78. The van der Waals surface area contributed by atoms with Gasteiger partial charge in [0.1, 0.15) is 0 Å². The minimum atomic E-state index is 0.0496. The lowest BCUT2D eigenvalue weighted by Crippen LogP contribution is -2.50. The van der Waals surface area contributed by atoms with Crippen LogP contribution < -0.4 is 10.6 Å². The summed E-state index contributed by atoms with van der Waals surface area (Å²) in [5.74, 6) is 0.133. The minimum Gasteiger partial charge on any atom is -0.350 e. The van der Waals surface area contributed by atoms with E-state index in [2.05, 4.69) is 31.4 Å². The van der Waals surface area contributed by atoms with Crippen molar-refractivity contribution in [1.82, 2.24) is 10.6 Å². The molecule has 1 rings (SSSR count). The molecule has 0 atom stereocenters. The third-order valence-electron chi connectivity index (χ3n) is 3.07. The molecule has 0 spiro atoms. The van der Waals surface area contributed by atoms with E-state index in [9.17, 15) is 4.79 Å². The Labute approximate surface area is 93.0 Å². The fourth-order valence-corrected chi connectivity index (χ4v) is 2.13. The first-order chi connectivity index (χ1) is 7.02. The molecular weight excluding hydrogens is 188 g/mol. The van der Waals surface area contributed by atoms with Gasteiger partial charge in [0.25, 0.3) is 0 Å². The van der Waals surface area contributed by atoms with Gasteiger partial charge in [0.15, 0.2) is 0 Å². The maximum atomic E-state index is 11.6. The van der Waals surface area contributed by atoms with Gasteiger partial charge in [0.05, 0.1) is 6.54 Å². The molecule has 0 heterocycles. The van der Waals surface area contributed by atoms with E-state index in [-0.39, 0.29) is 11.4 Å². The predicted molar refractivity (Wildman–Crippen MR) is 62.8 cm³/mol. The van der Waals surface area contributed by atoms with E-state index in [1.54, 1.807) is 0 Å². The van der Waals surface area contributed by atoms with Gasteiger partial charge in [-0.1, -0.05) is 33.1 Å². The first kappa shape index (κ1) is 12.5. The first-order valence-corrected chi connectivity index (χ1v) is 6.06. The summed E-state index contributed by atoms with van der Waals surface area (Å²) in [5.41, 5.74) is 0.0496. The monoisotopic (exact) mass is 212 g/mol. The molecule has 1 saturated carbocycles. The van der Waals surface area contributed by atoms with Crippen molar-refractivity contribution < 1.29 is 4.79 Å². The standard InChI is InChI=1S/C12H24N2O/c1-10(2)13-9-11(15)14-12(3)7-5-4-6-8-12/h10,13H,4-9H2,1-3H3,(H,14,15). The molecular formula is C12H24N2O. The van der Waals surface area contributed by atoms with Crippen LogP contribution in [0.1, 0.15) is 52.9 Å². The molecule has 3 heteroatoms. The van der Waals surface area contributed by atoms with Crippen LogP contribution in [0.4, 0.5) is 0 Å². The smallest absolute Gasteiger partial charge is 0.234 e. The zero-order chi connectivity index (χ0) is 11.3. The molecule has 1 aliphatic carbocycles. The van der Waals surface area contributed by atoms with Crippen LogP contribution in [0.25, 0.3) is 0 Å². The molecule has 0 aromatic heterocycles. The average Bonchev–Trinajstić information content (AvgIpc) is 2.15. The lowest BCUT2D eigenvalue weighted by Gasteiger charge is -2.34. The number of amides is 1. The van der Waals surface area contributed by atoms with E-state index < -0.39 is 0 Å². The van der Waals surface area contributed by atoms with Crippen LogP contribution in [-0.4, -0.2) is 24.0 Å². The predicted octanol–water partition coefficient (Wildman–Crippen LogP) is 1.82. The molecule has 3 nitrogen and oxygen atoms in total. The number of hydrogen-bond acceptors (Lipinski definition) is 2. The van der Waals surface area contributed by atoms with Gasteiger partial charge in [-0.2, -0.15) is 0 Å². The highest BCUT2D eigenvalue weighted by Crippen LogP contribution is 2.27. The summed E-state index contributed by atoms with van der Waals surface area (Å²) >= 11 is 0. The van der Waals surface area contributed by atoms with Crippen molar-refractivity contribution in [2.24, 2.45) is 0 Å². The molecule has 0 unspecified atom stereocenters. The molecule has 15 heavy (non-hydrogen) atoms. The van der Waals surface area contributed by atoms with Crippen molar-refractivity contribution in [3.63, 3.8) is 0 Å². The van der Waals surface area contributed by atoms with Crippen LogP contribution in [0.3, 0.4) is 0 Å². The number of carbonyl (C=O) groups excluding carboxylic acids is 1. The Morgan fingerprint density at radius 2 is 1.87 bits per heavy atom. The van der Waals surface area contributed by atoms with Gasteiger partial charge >= 0.3 is 0 Å². The second kappa shape index (κ2) is 5.50. The fourth-order valence-electron chi connectivity index (χ4n) is 2.13. The van der Waals surface area contributed by atoms with Crippen molar-refractivity contribution in [2.45, 2.75) is 64.5 Å². The van der Waals surface area contributed by atoms with Gasteiger partial charge in [0.2, 0.25) is 5.91 Å². The zero-order valence-corrected chi connectivity index (χ0v) is 10.2. The molecule has 0 saturated heterocycles. The number of hydrogen-bond donors (Lipinski definition) is 2. The van der Waals surface area contributed by atoms with Gasteiger partial charge in [-0.05, 0) is 19.8 Å². The van der Waals surface area contributed by atoms with Gasteiger partial charge in [-0.15, -0.1) is 0 Å². The quantitative estimate of drug-likeness (QED) is 0.746. The van der Waals surface area contributed by atoms with E-state index in [1.807, 2.05) is 0 Å². The van der Waals surface area contributed by atoms with Gasteiger partial charge in [0, 0.05) is 11.6 Å². The molecule has 88 valence electrons. The van der Waals surface area contributed by atoms with Crippen LogP contribution in [0.15, 0.2) is 0 Å². The Bertz CT molecular complexity index is 208. The maximum absolute atomic E-state index is 11.6. The summed E-state index contributed by atoms with van der Waals surface area (Å²) in [4.78, 5) is 11.6. The second-order valence-electron chi connectivity index (χ2n) is 5.21. The highest BCUT2D eigenvalue weighted by Gasteiger charge is 2.27. The summed E-state index contributed by atoms with van der Waals surface area (Å²) in [6.07, 6.45) is 6.05. The third-order valence-corrected chi connectivity index (χ3v) is 3.07. The molecule has 1 fully saturated rings. The minimum absolute atomic E-state index is 0.0496. The van der Waals surface area contributed by atoms with E-state index in [0.29, 0.717) is 12.6 Å². The SMILES string of the molecule is CC(C)NCC(=O)NC1(C)CCCCC1. The van der Waals surface area contributed by atoms with Crippen LogP contribution in [0, 0.1) is 0 Å². The topological polar surface area (TPSA) is 41.1 Å². The van der Waals surface area contributed by atoms with Crippen LogP contribution >= 0.6 is 0 Å². The van der Waals surface area contributed by atoms with Crippen LogP contribution in [0.5, 0.6) is 0 Å². The zero-order valence-electron chi connectivity index (χ0n) is 10.2. The average molecular weight is 212 g/mol. The highest BCUT2D eigenvalue weighted by atomic mass is 16.2. The molecule has 0 bridgehead atoms. The fraction of sp³-hybridized carbons (Fsp3) is 0.917. The Hall–Kier alpha value is -0.570. The largest absolute Gasteiger partial charge is 0.350 e. The Morgan fingerprint density at radius 3 is 2.40 bits per heavy atom. The summed E-state index contributed by atoms with van der Waals surface area (Å²) in [5, 5.41) is 6.29. The van der Waals surface area contributed by atoms with Crippen molar-refractivity contribution in [2.75, 3.05) is 6.54 Å². The van der Waals surface area contributed by atoms with Crippen molar-refractivity contribution in [3.8, 4) is 0 Å². The lowest BCUT2D eigenvalue weighted by atomic mass is 9.83. The molecule has 1 amide bonds. The summed E-state index contributed by atoms with van der Waals surface area (Å²) in [6, 6.07) is 0.370. The van der Waals surface area contributed by atoms with Crippen molar-refractivity contribution >= 4 is 5.91 Å². The van der Waals surface area contributed by atoms with E-state index in [0.717, 1.165) is 12.8 Å². The Balaban J connectivity index is 2.29. The Morgan fingerprint density at radius 1 is 1.27 bits per heavy atom. The van der Waals surface area contributed by atoms with E-state index in [1.165, 1.54) is 19.3 Å². The van der Waals surface area contributed by atoms with E-state index >= 15 is 0 Å². The molecule has 0 aromatic rings. The second-order valence-corrected chi connectivity index (χ2v) is 5.21. The third kappa shape index (κ3) is 4.65. The maximum Gasteiger partial charge on any atom is 0.234 e. The molecule has 0 radical (unpaired) electrons. The van der Waals surface area contributed by atoms with Crippen LogP contribution in [-0.2, 0) is 4.79 Å². The number of nitrogens with one attached hydrogen (secondary N) is 2. The van der Waals surface area contributed by atoms with Crippen LogP contribution in [0.2, 0.25) is 0 Å². The van der Waals surface area contributed by atoms with Gasteiger partial charge in [-0.25, -0.2) is 0 Å². The molecule has 2 N–H and O–H groups in total. The summed E-state index contributed by atoms with van der Waals surface area (Å²) < 4.78 is 0. The summed E-state index contributed by atoms with van der Waals surface area (Å²) in [7, 11) is 0. The van der Waals surface area contributed by atoms with Gasteiger partial charge < -0.3 is 10.6 Å². The molecule has 1 aliphatic rings. The van der Waals surface area contributed by atoms with Gasteiger partial charge in [-0.3, -0.25) is 4.79 Å². The first-order valence-electron chi connectivity index (χ1n) is 6.06. The van der Waals surface area contributed by atoms with Crippen molar-refractivity contribution in [1.29, 1.82) is 0 Å². The van der Waals surface area contributed by atoms with Crippen molar-refractivity contribution in [3.05, 3.63) is 0 Å². The Kier molecular flexibility index (Phi) is 4.58. The number of rotatable bonds is 4. The normalized spacial score (nSPS) is 20.3. The van der Waals surface area contributed by atoms with E-state index in [4.69, 9.17) is 0 Å². The summed E-state index contributed by atoms with van der Waals surface area (Å²) in [6.45, 7) is 6.71. The molecule has 0 aliphatic heterocycles. The number of carbonyl (C=O) groups is 1.